The van der Waals surface area contributed by atoms with Gasteiger partial charge in [-0.05, 0) is 52.6 Å². The molecule has 0 bridgehead atoms. The van der Waals surface area contributed by atoms with E-state index in [0.717, 1.165) is 38.8 Å². The molecule has 0 amide bonds. The molecule has 0 saturated heterocycles. The quantitative estimate of drug-likeness (QED) is 0.460. The molecule has 4 rings (SSSR count). The topological polar surface area (TPSA) is 52.0 Å². The summed E-state index contributed by atoms with van der Waals surface area (Å²) in [5, 5.41) is 4.69. The van der Waals surface area contributed by atoms with E-state index in [2.05, 4.69) is 56.3 Å². The lowest BCUT2D eigenvalue weighted by Crippen LogP contribution is -2.01. The molecule has 0 unspecified atom stereocenters. The molecule has 2 heteroatoms. The van der Waals surface area contributed by atoms with Crippen LogP contribution in [0.3, 0.4) is 0 Å². The lowest BCUT2D eigenvalue weighted by Gasteiger charge is -2.19. The highest BCUT2D eigenvalue weighted by Crippen LogP contribution is 2.43. The van der Waals surface area contributed by atoms with Crippen LogP contribution in [0.4, 0.5) is 11.4 Å². The van der Waals surface area contributed by atoms with Crippen LogP contribution < -0.4 is 11.5 Å². The highest BCUT2D eigenvalue weighted by Gasteiger charge is 2.17. The Labute approximate surface area is 141 Å². The van der Waals surface area contributed by atoms with Crippen LogP contribution >= 0.6 is 0 Å². The van der Waals surface area contributed by atoms with Crippen molar-refractivity contribution < 1.29 is 0 Å². The fourth-order valence-electron chi connectivity index (χ4n) is 3.60. The van der Waals surface area contributed by atoms with Gasteiger partial charge in [0.15, 0.2) is 0 Å². The van der Waals surface area contributed by atoms with Gasteiger partial charge in [-0.25, -0.2) is 0 Å². The number of rotatable bonds is 1. The number of nitrogens with two attached hydrogens (primary N) is 2. The summed E-state index contributed by atoms with van der Waals surface area (Å²) in [5.74, 6) is 0. The van der Waals surface area contributed by atoms with Crippen LogP contribution in [0.25, 0.3) is 32.7 Å². The van der Waals surface area contributed by atoms with Gasteiger partial charge >= 0.3 is 0 Å². The monoisotopic (exact) mass is 312 g/mol. The molecule has 0 spiro atoms. The molecule has 118 valence electrons. The van der Waals surface area contributed by atoms with Crippen molar-refractivity contribution in [1.29, 1.82) is 0 Å². The van der Waals surface area contributed by atoms with Crippen molar-refractivity contribution >= 4 is 32.9 Å². The Morgan fingerprint density at radius 3 is 1.96 bits per heavy atom. The number of benzene rings is 4. The maximum atomic E-state index is 6.59. The van der Waals surface area contributed by atoms with Crippen molar-refractivity contribution in [1.82, 2.24) is 0 Å². The molecule has 0 atom stereocenters. The molecule has 0 radical (unpaired) electrons. The van der Waals surface area contributed by atoms with Crippen LogP contribution in [0.15, 0.2) is 60.7 Å². The minimum atomic E-state index is 0.758. The Morgan fingerprint density at radius 2 is 1.21 bits per heavy atom. The lowest BCUT2D eigenvalue weighted by atomic mass is 9.87. The van der Waals surface area contributed by atoms with Gasteiger partial charge in [-0.3, -0.25) is 0 Å². The van der Waals surface area contributed by atoms with Crippen molar-refractivity contribution in [3.05, 3.63) is 71.8 Å². The summed E-state index contributed by atoms with van der Waals surface area (Å²) in [6, 6.07) is 20.8. The highest BCUT2D eigenvalue weighted by atomic mass is 14.6. The zero-order chi connectivity index (χ0) is 16.8. The second kappa shape index (κ2) is 5.27. The second-order valence-electron chi connectivity index (χ2n) is 6.34. The van der Waals surface area contributed by atoms with Crippen LogP contribution in [0.5, 0.6) is 0 Å². The molecule has 24 heavy (non-hydrogen) atoms. The summed E-state index contributed by atoms with van der Waals surface area (Å²) >= 11 is 0. The maximum absolute atomic E-state index is 6.59. The third-order valence-electron chi connectivity index (χ3n) is 5.05. The van der Waals surface area contributed by atoms with E-state index >= 15 is 0 Å². The molecule has 0 saturated carbocycles. The maximum Gasteiger partial charge on any atom is 0.0433 e. The minimum absolute atomic E-state index is 0.758. The van der Waals surface area contributed by atoms with E-state index in [1.807, 2.05) is 18.2 Å². The van der Waals surface area contributed by atoms with Gasteiger partial charge < -0.3 is 11.5 Å². The molecular formula is C22H20N2. The van der Waals surface area contributed by atoms with Gasteiger partial charge in [0.05, 0.1) is 0 Å². The van der Waals surface area contributed by atoms with Crippen LogP contribution in [0.1, 0.15) is 11.1 Å². The molecule has 4 aromatic carbocycles. The van der Waals surface area contributed by atoms with Gasteiger partial charge in [0, 0.05) is 22.5 Å². The van der Waals surface area contributed by atoms with Crippen LogP contribution in [-0.2, 0) is 0 Å². The third-order valence-corrected chi connectivity index (χ3v) is 5.05. The molecule has 0 aromatic heterocycles. The summed E-state index contributed by atoms with van der Waals surface area (Å²) in [4.78, 5) is 0. The number of anilines is 2. The van der Waals surface area contributed by atoms with Gasteiger partial charge in [0.25, 0.3) is 0 Å². The van der Waals surface area contributed by atoms with E-state index in [-0.39, 0.29) is 0 Å². The molecule has 0 aliphatic rings. The molecule has 4 aromatic rings. The summed E-state index contributed by atoms with van der Waals surface area (Å²) in [7, 11) is 0. The first-order chi connectivity index (χ1) is 11.6. The first-order valence-corrected chi connectivity index (χ1v) is 8.14. The Balaban J connectivity index is 2.26. The van der Waals surface area contributed by atoms with Crippen molar-refractivity contribution in [2.45, 2.75) is 13.8 Å². The van der Waals surface area contributed by atoms with E-state index in [0.29, 0.717) is 0 Å². The Kier molecular flexibility index (Phi) is 3.20. The summed E-state index contributed by atoms with van der Waals surface area (Å²) < 4.78 is 0. The fraction of sp³-hybridized carbons (Fsp3) is 0.0909. The van der Waals surface area contributed by atoms with E-state index < -0.39 is 0 Å². The highest BCUT2D eigenvalue weighted by molar-refractivity contribution is 6.14. The molecule has 2 nitrogen and oxygen atoms in total. The number of aryl methyl sites for hydroxylation is 1. The van der Waals surface area contributed by atoms with Crippen LogP contribution in [0, 0.1) is 13.8 Å². The van der Waals surface area contributed by atoms with Crippen molar-refractivity contribution in [3.8, 4) is 11.1 Å². The first kappa shape index (κ1) is 14.6. The van der Waals surface area contributed by atoms with Crippen molar-refractivity contribution in [2.24, 2.45) is 0 Å². The molecule has 4 N–H and O–H groups in total. The summed E-state index contributed by atoms with van der Waals surface area (Å²) in [5.41, 5.74) is 19.0. The SMILES string of the molecule is Cc1c(N)c(-c2c(N)ccc3ccccc23)c2ccccc2c1C. The minimum Gasteiger partial charge on any atom is -0.398 e. The summed E-state index contributed by atoms with van der Waals surface area (Å²) in [6.07, 6.45) is 0. The normalized spacial score (nSPS) is 11.2. The van der Waals surface area contributed by atoms with E-state index in [4.69, 9.17) is 11.5 Å². The van der Waals surface area contributed by atoms with Gasteiger partial charge in [-0.2, -0.15) is 0 Å². The first-order valence-electron chi connectivity index (χ1n) is 8.14. The van der Waals surface area contributed by atoms with Gasteiger partial charge in [-0.1, -0.05) is 54.6 Å². The molecule has 0 heterocycles. The summed E-state index contributed by atoms with van der Waals surface area (Å²) in [6.45, 7) is 4.21. The molecule has 0 fully saturated rings. The average molecular weight is 312 g/mol. The number of hydrogen-bond acceptors (Lipinski definition) is 2. The standard InChI is InChI=1S/C22H20N2/c1-13-14(2)22(24)21(18-10-6-5-8-16(13)18)20-17-9-4-3-7-15(17)11-12-19(20)23/h3-12H,23-24H2,1-2H3. The zero-order valence-electron chi connectivity index (χ0n) is 13.9. The molecule has 0 aliphatic heterocycles. The largest absolute Gasteiger partial charge is 0.398 e. The predicted molar refractivity (Wildman–Crippen MR) is 105 cm³/mol. The average Bonchev–Trinajstić information content (AvgIpc) is 2.62. The number of hydrogen-bond donors (Lipinski definition) is 2. The fourth-order valence-corrected chi connectivity index (χ4v) is 3.60. The van der Waals surface area contributed by atoms with Gasteiger partial charge in [0.2, 0.25) is 0 Å². The zero-order valence-corrected chi connectivity index (χ0v) is 13.9. The Morgan fingerprint density at radius 1 is 0.583 bits per heavy atom. The van der Waals surface area contributed by atoms with Gasteiger partial charge in [0.1, 0.15) is 0 Å². The van der Waals surface area contributed by atoms with Crippen LogP contribution in [-0.4, -0.2) is 0 Å². The number of nitrogen functional groups attached to an aromatic ring is 2. The van der Waals surface area contributed by atoms with E-state index in [1.165, 1.54) is 16.3 Å². The van der Waals surface area contributed by atoms with Crippen molar-refractivity contribution in [3.63, 3.8) is 0 Å². The van der Waals surface area contributed by atoms with Crippen molar-refractivity contribution in [2.75, 3.05) is 11.5 Å². The molecule has 0 aliphatic carbocycles. The second-order valence-corrected chi connectivity index (χ2v) is 6.34. The smallest absolute Gasteiger partial charge is 0.0433 e. The lowest BCUT2D eigenvalue weighted by molar-refractivity contribution is 1.38. The number of fused-ring (bicyclic) bond motifs is 2. The Bertz CT molecular complexity index is 1090. The Hall–Kier alpha value is -3.00. The van der Waals surface area contributed by atoms with E-state index in [9.17, 15) is 0 Å². The predicted octanol–water partition coefficient (Wildman–Crippen LogP) is 5.44. The third kappa shape index (κ3) is 1.96. The van der Waals surface area contributed by atoms with E-state index in [1.54, 1.807) is 0 Å². The van der Waals surface area contributed by atoms with Gasteiger partial charge in [-0.15, -0.1) is 0 Å². The molecular weight excluding hydrogens is 292 g/mol. The van der Waals surface area contributed by atoms with Crippen LogP contribution in [0.2, 0.25) is 0 Å².